The molecule has 0 aliphatic carbocycles. The number of hydrogen-bond acceptors (Lipinski definition) is 2. The van der Waals surface area contributed by atoms with Crippen LogP contribution in [-0.2, 0) is 4.79 Å². The largest absolute Gasteiger partial charge is 0.425 e. The lowest BCUT2D eigenvalue weighted by Gasteiger charge is -2.10. The summed E-state index contributed by atoms with van der Waals surface area (Å²) in [6.45, 7) is 7.01. The Morgan fingerprint density at radius 3 is 1.92 bits per heavy atom. The zero-order valence-electron chi connectivity index (χ0n) is 13.5. The number of benzene rings is 2. The first-order valence-corrected chi connectivity index (χ1v) is 10.5. The zero-order valence-corrected chi connectivity index (χ0v) is 14.5. The summed E-state index contributed by atoms with van der Waals surface area (Å²) >= 11 is 0. The maximum atomic E-state index is 14.0. The van der Waals surface area contributed by atoms with Crippen LogP contribution in [-0.4, -0.2) is 14.0 Å². The van der Waals surface area contributed by atoms with Crippen molar-refractivity contribution in [1.29, 1.82) is 0 Å². The summed E-state index contributed by atoms with van der Waals surface area (Å²) in [7, 11) is -1.82. The van der Waals surface area contributed by atoms with Gasteiger partial charge in [0.25, 0.3) is 0 Å². The second kappa shape index (κ2) is 6.28. The molecule has 0 saturated carbocycles. The molecule has 24 heavy (non-hydrogen) atoms. The van der Waals surface area contributed by atoms with Gasteiger partial charge in [-0.1, -0.05) is 25.6 Å². The quantitative estimate of drug-likeness (QED) is 0.143. The van der Waals surface area contributed by atoms with E-state index in [9.17, 15) is 22.4 Å². The standard InChI is InChI=1S/C17H14F4O2Si/c1-9(22)23-13-8-12-11(7-10(13)5-6-24(2,3)4)14(18)16(20)17(21)15(12)19/h7-8H,1-4H3. The number of carbonyl (C=O) groups excluding carboxylic acids is 1. The lowest BCUT2D eigenvalue weighted by molar-refractivity contribution is -0.131. The molecular formula is C17H14F4O2Si. The van der Waals surface area contributed by atoms with Crippen molar-refractivity contribution in [2.45, 2.75) is 26.6 Å². The molecular weight excluding hydrogens is 340 g/mol. The molecule has 0 unspecified atom stereocenters. The third-order valence-electron chi connectivity index (χ3n) is 3.00. The Morgan fingerprint density at radius 1 is 0.958 bits per heavy atom. The van der Waals surface area contributed by atoms with E-state index < -0.39 is 48.1 Å². The van der Waals surface area contributed by atoms with Crippen LogP contribution in [0.1, 0.15) is 12.5 Å². The molecule has 0 atom stereocenters. The van der Waals surface area contributed by atoms with Gasteiger partial charge in [0, 0.05) is 17.7 Å². The second-order valence-electron chi connectivity index (χ2n) is 6.24. The number of carbonyl (C=O) groups is 1. The van der Waals surface area contributed by atoms with Gasteiger partial charge in [-0.25, -0.2) is 17.6 Å². The van der Waals surface area contributed by atoms with Gasteiger partial charge in [0.15, 0.2) is 23.3 Å². The Morgan fingerprint density at radius 2 is 1.46 bits per heavy atom. The molecule has 0 aliphatic heterocycles. The third-order valence-corrected chi connectivity index (χ3v) is 3.87. The molecule has 2 nitrogen and oxygen atoms in total. The summed E-state index contributed by atoms with van der Waals surface area (Å²) < 4.78 is 59.7. The minimum atomic E-state index is -1.92. The smallest absolute Gasteiger partial charge is 0.308 e. The summed E-state index contributed by atoms with van der Waals surface area (Å²) in [5.41, 5.74) is 3.09. The zero-order chi connectivity index (χ0) is 18.2. The second-order valence-corrected chi connectivity index (χ2v) is 11.0. The van der Waals surface area contributed by atoms with Gasteiger partial charge in [-0.2, -0.15) is 0 Å². The van der Waals surface area contributed by atoms with Gasteiger partial charge in [-0.15, -0.1) is 5.54 Å². The molecule has 0 N–H and O–H groups in total. The van der Waals surface area contributed by atoms with Crippen LogP contribution < -0.4 is 4.74 Å². The molecule has 2 aromatic carbocycles. The van der Waals surface area contributed by atoms with E-state index in [1.54, 1.807) is 0 Å². The number of esters is 1. The highest BCUT2D eigenvalue weighted by Gasteiger charge is 2.22. The van der Waals surface area contributed by atoms with E-state index in [1.165, 1.54) is 0 Å². The van der Waals surface area contributed by atoms with E-state index in [2.05, 4.69) is 11.5 Å². The van der Waals surface area contributed by atoms with E-state index in [0.717, 1.165) is 19.1 Å². The van der Waals surface area contributed by atoms with Crippen molar-refractivity contribution in [1.82, 2.24) is 0 Å². The minimum Gasteiger partial charge on any atom is -0.425 e. The van der Waals surface area contributed by atoms with E-state index in [-0.39, 0.29) is 11.3 Å². The predicted molar refractivity (Wildman–Crippen MR) is 85.3 cm³/mol. The number of hydrogen-bond donors (Lipinski definition) is 0. The first-order valence-electron chi connectivity index (χ1n) is 7.02. The predicted octanol–water partition coefficient (Wildman–Crippen LogP) is 4.55. The fourth-order valence-electron chi connectivity index (χ4n) is 1.96. The lowest BCUT2D eigenvalue weighted by Crippen LogP contribution is -2.16. The molecule has 0 fully saturated rings. The molecule has 2 aromatic rings. The van der Waals surface area contributed by atoms with E-state index in [4.69, 9.17) is 4.74 Å². The molecule has 0 heterocycles. The van der Waals surface area contributed by atoms with Gasteiger partial charge in [0.1, 0.15) is 13.8 Å². The molecule has 0 saturated heterocycles. The number of rotatable bonds is 1. The van der Waals surface area contributed by atoms with Gasteiger partial charge in [0.05, 0.1) is 5.56 Å². The fraction of sp³-hybridized carbons (Fsp3) is 0.235. The first kappa shape index (κ1) is 18.0. The molecule has 126 valence electrons. The van der Waals surface area contributed by atoms with Crippen LogP contribution in [0.3, 0.4) is 0 Å². The van der Waals surface area contributed by atoms with Crippen molar-refractivity contribution in [3.63, 3.8) is 0 Å². The van der Waals surface area contributed by atoms with Gasteiger partial charge in [-0.3, -0.25) is 4.79 Å². The molecule has 0 spiro atoms. The normalized spacial score (nSPS) is 11.2. The summed E-state index contributed by atoms with van der Waals surface area (Å²) in [6, 6.07) is 2.01. The molecule has 0 aromatic heterocycles. The molecule has 7 heteroatoms. The van der Waals surface area contributed by atoms with Crippen LogP contribution >= 0.6 is 0 Å². The average molecular weight is 354 g/mol. The number of halogens is 4. The van der Waals surface area contributed by atoms with E-state index >= 15 is 0 Å². The van der Waals surface area contributed by atoms with Crippen molar-refractivity contribution in [3.05, 3.63) is 41.0 Å². The summed E-state index contributed by atoms with van der Waals surface area (Å²) in [6.07, 6.45) is 0. The minimum absolute atomic E-state index is 0.101. The number of fused-ring (bicyclic) bond motifs is 1. The monoisotopic (exact) mass is 354 g/mol. The summed E-state index contributed by atoms with van der Waals surface area (Å²) in [5, 5.41) is -0.997. The topological polar surface area (TPSA) is 26.3 Å². The summed E-state index contributed by atoms with van der Waals surface area (Å²) in [5.74, 6) is -4.97. The van der Waals surface area contributed by atoms with Gasteiger partial charge in [0.2, 0.25) is 0 Å². The van der Waals surface area contributed by atoms with Crippen molar-refractivity contribution in [3.8, 4) is 17.2 Å². The average Bonchev–Trinajstić information content (AvgIpc) is 2.47. The van der Waals surface area contributed by atoms with Gasteiger partial charge >= 0.3 is 5.97 Å². The Hall–Kier alpha value is -2.33. The van der Waals surface area contributed by atoms with Crippen molar-refractivity contribution < 1.29 is 27.1 Å². The summed E-state index contributed by atoms with van der Waals surface area (Å²) in [4.78, 5) is 11.2. The highest BCUT2D eigenvalue weighted by atomic mass is 28.3. The van der Waals surface area contributed by atoms with Gasteiger partial charge < -0.3 is 4.74 Å². The Balaban J connectivity index is 2.84. The Bertz CT molecular complexity index is 905. The molecule has 0 aliphatic rings. The molecule has 0 bridgehead atoms. The maximum absolute atomic E-state index is 14.0. The highest BCUT2D eigenvalue weighted by Crippen LogP contribution is 2.32. The van der Waals surface area contributed by atoms with Crippen LogP contribution in [0.2, 0.25) is 19.6 Å². The molecule has 0 amide bonds. The first-order chi connectivity index (χ1) is 11.0. The van der Waals surface area contributed by atoms with Crippen LogP contribution in [0.5, 0.6) is 5.75 Å². The van der Waals surface area contributed by atoms with Crippen LogP contribution in [0.4, 0.5) is 17.6 Å². The van der Waals surface area contributed by atoms with Gasteiger partial charge in [-0.05, 0) is 12.1 Å². The van der Waals surface area contributed by atoms with Crippen LogP contribution in [0, 0.1) is 34.7 Å². The lowest BCUT2D eigenvalue weighted by atomic mass is 10.0. The third kappa shape index (κ3) is 3.59. The van der Waals surface area contributed by atoms with Crippen molar-refractivity contribution in [2.75, 3.05) is 0 Å². The Labute approximate surface area is 137 Å². The molecule has 2 rings (SSSR count). The SMILES string of the molecule is CC(=O)Oc1cc2c(F)c(F)c(F)c(F)c2cc1C#C[Si](C)(C)C. The number of ether oxygens (including phenoxy) is 1. The highest BCUT2D eigenvalue weighted by molar-refractivity contribution is 6.83. The Kier molecular flexibility index (Phi) is 4.72. The fourth-order valence-corrected chi connectivity index (χ4v) is 2.47. The van der Waals surface area contributed by atoms with Crippen molar-refractivity contribution in [2.24, 2.45) is 0 Å². The van der Waals surface area contributed by atoms with Crippen LogP contribution in [0.15, 0.2) is 12.1 Å². The van der Waals surface area contributed by atoms with E-state index in [1.807, 2.05) is 19.6 Å². The van der Waals surface area contributed by atoms with Crippen LogP contribution in [0.25, 0.3) is 10.8 Å². The maximum Gasteiger partial charge on any atom is 0.308 e. The molecule has 0 radical (unpaired) electrons. The van der Waals surface area contributed by atoms with E-state index in [0.29, 0.717) is 0 Å². The van der Waals surface area contributed by atoms with Crippen molar-refractivity contribution >= 4 is 24.8 Å².